The second kappa shape index (κ2) is 29.7. The maximum atomic E-state index is 14.6. The average Bonchev–Trinajstić information content (AvgIpc) is 3.95. The molecule has 4 aromatic carbocycles. The van der Waals surface area contributed by atoms with Crippen LogP contribution in [0.2, 0.25) is 0 Å². The fourth-order valence-electron chi connectivity index (χ4n) is 8.84. The Kier molecular flexibility index (Phi) is 22.7. The standard InChI is InChI=1S/C55H66N10O12S2/c1-32-47(68)60-41(28-34-14-7-3-8-15-34)51(72)64-44(55(76)77)31-79-78-30-43(52(73)59-39(23-24-46(57)67)49(70)61-40(50(71)58-32)27-33-12-5-2-6-13-33)63-53(74)45-18-11-25-65(45)54(75)42(29-35-16-9-4-10-17-35)62-48(69)38(56)26-36-19-21-37(66)22-20-36/h2-10,12-17,19-22,32,38-45,66H,11,18,23-31,56H2,1H3,(H2,57,67)(H,58,71)(H,59,73)(H,60,68)(H,61,70)(H,62,69)(H,63,74)(H,64,72)(H,76,77)/t32-,38-,39-,40-,41-,42-,43-,44-,45-/m0/s1. The number of primary amides is 1. The molecule has 22 nitrogen and oxygen atoms in total. The number of nitrogens with one attached hydrogen (secondary N) is 7. The number of hydrogen-bond acceptors (Lipinski definition) is 14. The number of carbonyl (C=O) groups excluding carboxylic acids is 9. The molecule has 0 unspecified atom stereocenters. The van der Waals surface area contributed by atoms with Crippen molar-refractivity contribution < 1.29 is 58.2 Å². The largest absolute Gasteiger partial charge is 0.508 e. The molecule has 2 aliphatic rings. The summed E-state index contributed by atoms with van der Waals surface area (Å²) in [6.45, 7) is 1.46. The third kappa shape index (κ3) is 18.6. The van der Waals surface area contributed by atoms with E-state index in [0.717, 1.165) is 21.6 Å². The summed E-state index contributed by atoms with van der Waals surface area (Å²) in [5.74, 6) is -9.11. The van der Waals surface area contributed by atoms with Crippen molar-refractivity contribution in [2.24, 2.45) is 11.5 Å². The molecule has 79 heavy (non-hydrogen) atoms. The number of phenols is 1. The summed E-state index contributed by atoms with van der Waals surface area (Å²) in [4.78, 5) is 140. The Hall–Kier alpha value is -7.96. The fraction of sp³-hybridized carbons (Fsp3) is 0.382. The van der Waals surface area contributed by atoms with Crippen LogP contribution in [0.3, 0.4) is 0 Å². The average molecular weight is 1120 g/mol. The van der Waals surface area contributed by atoms with E-state index in [0.29, 0.717) is 28.7 Å². The number of carboxylic acid groups (broad SMARTS) is 1. The molecule has 0 saturated carbocycles. The lowest BCUT2D eigenvalue weighted by Gasteiger charge is -2.31. The smallest absolute Gasteiger partial charge is 0.327 e. The second-order valence-corrected chi connectivity index (χ2v) is 21.8. The van der Waals surface area contributed by atoms with Crippen LogP contribution in [-0.4, -0.2) is 147 Å². The van der Waals surface area contributed by atoms with E-state index in [-0.39, 0.29) is 62.3 Å². The van der Waals surface area contributed by atoms with Crippen molar-refractivity contribution in [1.82, 2.24) is 42.1 Å². The number of hydrogen-bond donors (Lipinski definition) is 11. The highest BCUT2D eigenvalue weighted by atomic mass is 33.1. The molecule has 0 aromatic heterocycles. The van der Waals surface area contributed by atoms with Gasteiger partial charge in [0.2, 0.25) is 53.2 Å². The van der Waals surface area contributed by atoms with Crippen molar-refractivity contribution >= 4 is 80.7 Å². The minimum absolute atomic E-state index is 0.0306. The van der Waals surface area contributed by atoms with Crippen molar-refractivity contribution in [3.05, 3.63) is 138 Å². The van der Waals surface area contributed by atoms with E-state index in [4.69, 9.17) is 11.5 Å². The van der Waals surface area contributed by atoms with Gasteiger partial charge < -0.3 is 63.8 Å². The van der Waals surface area contributed by atoms with Crippen LogP contribution in [0.1, 0.15) is 54.9 Å². The number of carbonyl (C=O) groups is 10. The van der Waals surface area contributed by atoms with Gasteiger partial charge in [-0.25, -0.2) is 4.79 Å². The first-order valence-corrected chi connectivity index (χ1v) is 28.2. The molecule has 13 N–H and O–H groups in total. The van der Waals surface area contributed by atoms with Crippen LogP contribution in [0.5, 0.6) is 5.75 Å². The molecule has 0 bridgehead atoms. The Morgan fingerprint density at radius 1 is 0.658 bits per heavy atom. The van der Waals surface area contributed by atoms with E-state index in [9.17, 15) is 58.2 Å². The Morgan fingerprint density at radius 2 is 1.18 bits per heavy atom. The van der Waals surface area contributed by atoms with E-state index in [1.54, 1.807) is 103 Å². The molecule has 2 fully saturated rings. The van der Waals surface area contributed by atoms with Gasteiger partial charge in [-0.05, 0) is 67.0 Å². The van der Waals surface area contributed by atoms with Crippen molar-refractivity contribution in [3.63, 3.8) is 0 Å². The lowest BCUT2D eigenvalue weighted by molar-refractivity contribution is -0.142. The van der Waals surface area contributed by atoms with Gasteiger partial charge in [-0.1, -0.05) is 125 Å². The summed E-state index contributed by atoms with van der Waals surface area (Å²) in [5, 5.41) is 38.5. The number of aliphatic carboxylic acids is 1. The number of amides is 9. The zero-order chi connectivity index (χ0) is 57.0. The number of benzene rings is 4. The second-order valence-electron chi connectivity index (χ2n) is 19.2. The third-order valence-corrected chi connectivity index (χ3v) is 15.6. The van der Waals surface area contributed by atoms with E-state index in [1.807, 2.05) is 0 Å². The van der Waals surface area contributed by atoms with Gasteiger partial charge in [-0.3, -0.25) is 43.2 Å². The molecule has 0 aliphatic carbocycles. The number of aromatic hydroxyl groups is 1. The van der Waals surface area contributed by atoms with Crippen LogP contribution in [0, 0.1) is 0 Å². The summed E-state index contributed by atoms with van der Waals surface area (Å²) in [6, 6.07) is 20.2. The molecule has 6 rings (SSSR count). The van der Waals surface area contributed by atoms with Gasteiger partial charge in [0.25, 0.3) is 0 Å². The Bertz CT molecular complexity index is 2780. The van der Waals surface area contributed by atoms with Crippen molar-refractivity contribution in [1.29, 1.82) is 0 Å². The molecule has 0 spiro atoms. The maximum absolute atomic E-state index is 14.6. The fourth-order valence-corrected chi connectivity index (χ4v) is 11.2. The van der Waals surface area contributed by atoms with Gasteiger partial charge in [0, 0.05) is 43.7 Å². The van der Waals surface area contributed by atoms with Gasteiger partial charge in [-0.15, -0.1) is 0 Å². The first kappa shape index (κ1) is 60.3. The maximum Gasteiger partial charge on any atom is 0.327 e. The number of phenolic OH excluding ortho intramolecular Hbond substituents is 1. The quantitative estimate of drug-likeness (QED) is 0.0627. The Balaban J connectivity index is 1.28. The molecular formula is C55H66N10O12S2. The highest BCUT2D eigenvalue weighted by Crippen LogP contribution is 2.25. The van der Waals surface area contributed by atoms with Crippen LogP contribution in [0.15, 0.2) is 115 Å². The van der Waals surface area contributed by atoms with Crippen molar-refractivity contribution in [2.75, 3.05) is 18.1 Å². The predicted molar refractivity (Wildman–Crippen MR) is 295 cm³/mol. The van der Waals surface area contributed by atoms with E-state index >= 15 is 0 Å². The monoisotopic (exact) mass is 1120 g/mol. The van der Waals surface area contributed by atoms with Crippen molar-refractivity contribution in [2.45, 2.75) is 113 Å². The first-order chi connectivity index (χ1) is 37.8. The van der Waals surface area contributed by atoms with E-state index < -0.39 is 120 Å². The number of carboxylic acids is 1. The minimum atomic E-state index is -1.54. The highest BCUT2D eigenvalue weighted by molar-refractivity contribution is 8.76. The summed E-state index contributed by atoms with van der Waals surface area (Å²) in [6.07, 6.45) is -0.295. The topological polar surface area (TPSA) is 351 Å². The zero-order valence-electron chi connectivity index (χ0n) is 43.3. The van der Waals surface area contributed by atoms with Crippen molar-refractivity contribution in [3.8, 4) is 5.75 Å². The van der Waals surface area contributed by atoms with Crippen LogP contribution in [-0.2, 0) is 73.6 Å². The summed E-state index contributed by atoms with van der Waals surface area (Å²) in [5.41, 5.74) is 14.4. The SMILES string of the molecule is C[C@@H]1NC(=O)[C@H](Cc2ccccc2)NC(=O)[C@H](CCC(N)=O)NC(=O)[C@@H](NC(=O)[C@@H]2CCCN2C(=O)[C@H](Cc2ccccc2)NC(=O)[C@@H](N)Cc2ccc(O)cc2)CSSC[C@@H](C(=O)O)NC(=O)[C@H](Cc2ccccc2)NC1=O. The Labute approximate surface area is 464 Å². The minimum Gasteiger partial charge on any atom is -0.508 e. The lowest BCUT2D eigenvalue weighted by atomic mass is 10.0. The first-order valence-electron chi connectivity index (χ1n) is 25.7. The molecular weight excluding hydrogens is 1060 g/mol. The van der Waals surface area contributed by atoms with Crippen LogP contribution in [0.4, 0.5) is 0 Å². The Morgan fingerprint density at radius 3 is 1.76 bits per heavy atom. The predicted octanol–water partition coefficient (Wildman–Crippen LogP) is 0.140. The summed E-state index contributed by atoms with van der Waals surface area (Å²) in [7, 11) is 1.89. The molecule has 420 valence electrons. The number of rotatable bonds is 17. The normalized spacial score (nSPS) is 22.5. The summed E-state index contributed by atoms with van der Waals surface area (Å²) < 4.78 is 0. The molecule has 4 aromatic rings. The molecule has 24 heteroatoms. The number of likely N-dealkylation sites (tertiary alicyclic amines) is 1. The number of nitrogens with zero attached hydrogens (tertiary/aromatic N) is 1. The van der Waals surface area contributed by atoms with Crippen LogP contribution < -0.4 is 48.7 Å². The lowest BCUT2D eigenvalue weighted by Crippen LogP contribution is -2.61. The third-order valence-electron chi connectivity index (χ3n) is 13.2. The molecule has 9 amide bonds. The van der Waals surface area contributed by atoms with Crippen LogP contribution >= 0.6 is 21.6 Å². The molecule has 9 atom stereocenters. The highest BCUT2D eigenvalue weighted by Gasteiger charge is 2.40. The molecule has 2 aliphatic heterocycles. The zero-order valence-corrected chi connectivity index (χ0v) is 45.0. The van der Waals surface area contributed by atoms with Gasteiger partial charge in [0.15, 0.2) is 0 Å². The molecule has 0 radical (unpaired) electrons. The van der Waals surface area contributed by atoms with Gasteiger partial charge in [-0.2, -0.15) is 0 Å². The van der Waals surface area contributed by atoms with Gasteiger partial charge in [0.1, 0.15) is 54.1 Å². The van der Waals surface area contributed by atoms with Gasteiger partial charge in [0.05, 0.1) is 6.04 Å². The van der Waals surface area contributed by atoms with E-state index in [2.05, 4.69) is 37.2 Å². The van der Waals surface area contributed by atoms with E-state index in [1.165, 1.54) is 24.0 Å². The van der Waals surface area contributed by atoms with Gasteiger partial charge >= 0.3 is 5.97 Å². The summed E-state index contributed by atoms with van der Waals surface area (Å²) >= 11 is 0. The molecule has 2 heterocycles. The number of nitrogens with two attached hydrogens (primary N) is 2. The molecule has 2 saturated heterocycles. The van der Waals surface area contributed by atoms with Crippen LogP contribution in [0.25, 0.3) is 0 Å².